The third kappa shape index (κ3) is 2.95. The molecule has 0 saturated heterocycles. The third-order valence-corrected chi connectivity index (χ3v) is 1.83. The van der Waals surface area contributed by atoms with Crippen LogP contribution in [0, 0.1) is 0 Å². The van der Waals surface area contributed by atoms with E-state index in [9.17, 15) is 13.9 Å². The lowest BCUT2D eigenvalue weighted by atomic mass is 10.1. The average molecular weight is 219 g/mol. The van der Waals surface area contributed by atoms with Crippen LogP contribution < -0.4 is 5.32 Å². The fourth-order valence-corrected chi connectivity index (χ4v) is 1.07. The van der Waals surface area contributed by atoms with Gasteiger partial charge >= 0.3 is 0 Å². The number of rotatable bonds is 4. The Morgan fingerprint density at radius 3 is 2.40 bits per heavy atom. The zero-order valence-corrected chi connectivity index (χ0v) is 7.74. The highest BCUT2D eigenvalue weighted by molar-refractivity contribution is 5.52. The van der Waals surface area contributed by atoms with E-state index in [0.717, 1.165) is 0 Å². The van der Waals surface area contributed by atoms with E-state index in [1.807, 2.05) is 0 Å². The summed E-state index contributed by atoms with van der Waals surface area (Å²) in [5.41, 5.74) is 0.242. The van der Waals surface area contributed by atoms with E-state index in [2.05, 4.69) is 5.32 Å². The van der Waals surface area contributed by atoms with Crippen LogP contribution in [-0.4, -0.2) is 28.3 Å². The van der Waals surface area contributed by atoms with Crippen LogP contribution in [0.25, 0.3) is 0 Å². The second-order valence-corrected chi connectivity index (χ2v) is 2.96. The van der Waals surface area contributed by atoms with Crippen molar-refractivity contribution in [1.29, 1.82) is 0 Å². The summed E-state index contributed by atoms with van der Waals surface area (Å²) < 4.78 is 23.5. The topological polar surface area (TPSA) is 72.7 Å². The first kappa shape index (κ1) is 11.5. The normalized spacial score (nSPS) is 10.9. The third-order valence-electron chi connectivity index (χ3n) is 1.83. The van der Waals surface area contributed by atoms with Crippen molar-refractivity contribution in [2.45, 2.75) is 13.0 Å². The number of hydrogen-bond acceptors (Lipinski definition) is 4. The van der Waals surface area contributed by atoms with Gasteiger partial charge in [0.25, 0.3) is 6.43 Å². The number of nitrogens with one attached hydrogen (secondary N) is 1. The molecule has 0 unspecified atom stereocenters. The average Bonchev–Trinajstić information content (AvgIpc) is 2.18. The van der Waals surface area contributed by atoms with Crippen LogP contribution in [0.3, 0.4) is 0 Å². The van der Waals surface area contributed by atoms with Gasteiger partial charge in [0.05, 0.1) is 6.54 Å². The Morgan fingerprint density at radius 1 is 1.13 bits per heavy atom. The number of phenolic OH excluding ortho intramolecular Hbond substituents is 3. The molecule has 0 aliphatic rings. The predicted octanol–water partition coefficient (Wildman–Crippen LogP) is 1.16. The van der Waals surface area contributed by atoms with Gasteiger partial charge in [-0.3, -0.25) is 0 Å². The van der Waals surface area contributed by atoms with Gasteiger partial charge in [0.2, 0.25) is 5.75 Å². The number of hydrogen-bond donors (Lipinski definition) is 4. The standard InChI is InChI=1S/C9H11F2NO3/c10-7(11)4-12-3-5-1-2-6(13)9(15)8(5)14/h1-2,7,12-15H,3-4H2. The first-order valence-corrected chi connectivity index (χ1v) is 4.24. The minimum absolute atomic E-state index is 0.00991. The maximum atomic E-state index is 11.8. The summed E-state index contributed by atoms with van der Waals surface area (Å²) in [5, 5.41) is 29.8. The van der Waals surface area contributed by atoms with E-state index in [4.69, 9.17) is 10.2 Å². The molecular formula is C9H11F2NO3. The van der Waals surface area contributed by atoms with Gasteiger partial charge in [-0.25, -0.2) is 8.78 Å². The summed E-state index contributed by atoms with van der Waals surface area (Å²) >= 11 is 0. The number of benzene rings is 1. The lowest BCUT2D eigenvalue weighted by Gasteiger charge is -2.08. The molecular weight excluding hydrogens is 208 g/mol. The zero-order chi connectivity index (χ0) is 11.4. The van der Waals surface area contributed by atoms with Crippen LogP contribution in [0.2, 0.25) is 0 Å². The van der Waals surface area contributed by atoms with Crippen LogP contribution >= 0.6 is 0 Å². The number of aromatic hydroxyl groups is 3. The molecule has 0 saturated carbocycles. The maximum Gasteiger partial charge on any atom is 0.250 e. The Bertz CT molecular complexity index is 344. The molecule has 0 spiro atoms. The zero-order valence-electron chi connectivity index (χ0n) is 7.74. The second-order valence-electron chi connectivity index (χ2n) is 2.96. The summed E-state index contributed by atoms with van der Waals surface area (Å²) in [6, 6.07) is 2.51. The Kier molecular flexibility index (Phi) is 3.68. The molecule has 4 N–H and O–H groups in total. The number of phenols is 3. The highest BCUT2D eigenvalue weighted by Gasteiger charge is 2.11. The minimum atomic E-state index is -2.47. The molecule has 15 heavy (non-hydrogen) atoms. The molecule has 4 nitrogen and oxygen atoms in total. The Balaban J connectivity index is 2.66. The van der Waals surface area contributed by atoms with Gasteiger partial charge in [-0.1, -0.05) is 6.07 Å². The molecule has 1 rings (SSSR count). The van der Waals surface area contributed by atoms with Crippen molar-refractivity contribution < 1.29 is 24.1 Å². The molecule has 0 radical (unpaired) electrons. The summed E-state index contributed by atoms with van der Waals surface area (Å²) in [4.78, 5) is 0. The fourth-order valence-electron chi connectivity index (χ4n) is 1.07. The molecule has 0 aliphatic carbocycles. The summed E-state index contributed by atoms with van der Waals surface area (Å²) in [6.07, 6.45) is -2.47. The SMILES string of the molecule is Oc1ccc(CNCC(F)F)c(O)c1O. The van der Waals surface area contributed by atoms with Crippen LogP contribution in [-0.2, 0) is 6.54 Å². The molecule has 1 aromatic rings. The Labute approximate surface area is 84.8 Å². The highest BCUT2D eigenvalue weighted by Crippen LogP contribution is 2.36. The Hall–Kier alpha value is -1.56. The molecule has 0 atom stereocenters. The van der Waals surface area contributed by atoms with Crippen molar-refractivity contribution in [2.75, 3.05) is 6.54 Å². The maximum absolute atomic E-state index is 11.8. The molecule has 0 heterocycles. The van der Waals surface area contributed by atoms with Crippen LogP contribution in [0.15, 0.2) is 12.1 Å². The van der Waals surface area contributed by atoms with Gasteiger partial charge in [0, 0.05) is 12.1 Å². The van der Waals surface area contributed by atoms with Crippen LogP contribution in [0.5, 0.6) is 17.2 Å². The molecule has 6 heteroatoms. The van der Waals surface area contributed by atoms with Crippen molar-refractivity contribution in [1.82, 2.24) is 5.32 Å². The molecule has 0 aliphatic heterocycles. The Morgan fingerprint density at radius 2 is 1.80 bits per heavy atom. The molecule has 0 fully saturated rings. The monoisotopic (exact) mass is 219 g/mol. The van der Waals surface area contributed by atoms with Gasteiger partial charge in [-0.15, -0.1) is 0 Å². The smallest absolute Gasteiger partial charge is 0.250 e. The van der Waals surface area contributed by atoms with E-state index in [0.29, 0.717) is 0 Å². The van der Waals surface area contributed by atoms with E-state index in [1.54, 1.807) is 0 Å². The fraction of sp³-hybridized carbons (Fsp3) is 0.333. The van der Waals surface area contributed by atoms with E-state index in [1.165, 1.54) is 12.1 Å². The summed E-state index contributed by atoms with van der Waals surface area (Å²) in [5.74, 6) is -1.60. The molecule has 1 aromatic carbocycles. The van der Waals surface area contributed by atoms with Crippen molar-refractivity contribution >= 4 is 0 Å². The number of halogens is 2. The highest BCUT2D eigenvalue weighted by atomic mass is 19.3. The second kappa shape index (κ2) is 4.79. The molecule has 84 valence electrons. The van der Waals surface area contributed by atoms with E-state index < -0.39 is 30.2 Å². The van der Waals surface area contributed by atoms with E-state index in [-0.39, 0.29) is 12.1 Å². The van der Waals surface area contributed by atoms with Gasteiger partial charge < -0.3 is 20.6 Å². The molecule has 0 aromatic heterocycles. The van der Waals surface area contributed by atoms with Crippen LogP contribution in [0.4, 0.5) is 8.78 Å². The molecule has 0 bridgehead atoms. The minimum Gasteiger partial charge on any atom is -0.504 e. The van der Waals surface area contributed by atoms with Gasteiger partial charge in [-0.05, 0) is 6.07 Å². The van der Waals surface area contributed by atoms with Gasteiger partial charge in [0.1, 0.15) is 0 Å². The van der Waals surface area contributed by atoms with E-state index >= 15 is 0 Å². The largest absolute Gasteiger partial charge is 0.504 e. The van der Waals surface area contributed by atoms with Crippen LogP contribution in [0.1, 0.15) is 5.56 Å². The summed E-state index contributed by atoms with van der Waals surface area (Å²) in [7, 11) is 0. The number of alkyl halides is 2. The summed E-state index contributed by atoms with van der Waals surface area (Å²) in [6.45, 7) is -0.509. The lowest BCUT2D eigenvalue weighted by Crippen LogP contribution is -2.20. The van der Waals surface area contributed by atoms with Crippen molar-refractivity contribution in [3.63, 3.8) is 0 Å². The van der Waals surface area contributed by atoms with Crippen molar-refractivity contribution in [3.8, 4) is 17.2 Å². The van der Waals surface area contributed by atoms with Gasteiger partial charge in [-0.2, -0.15) is 0 Å². The van der Waals surface area contributed by atoms with Crippen molar-refractivity contribution in [2.24, 2.45) is 0 Å². The molecule has 0 amide bonds. The first-order chi connectivity index (χ1) is 7.02. The quantitative estimate of drug-likeness (QED) is 0.573. The van der Waals surface area contributed by atoms with Crippen molar-refractivity contribution in [3.05, 3.63) is 17.7 Å². The van der Waals surface area contributed by atoms with Gasteiger partial charge in [0.15, 0.2) is 11.5 Å². The first-order valence-electron chi connectivity index (χ1n) is 4.24. The lowest BCUT2D eigenvalue weighted by molar-refractivity contribution is 0.145. The predicted molar refractivity (Wildman–Crippen MR) is 49.1 cm³/mol.